The van der Waals surface area contributed by atoms with E-state index in [2.05, 4.69) is 5.32 Å². The number of rotatable bonds is 7. The highest BCUT2D eigenvalue weighted by Gasteiger charge is 2.15. The number of para-hydroxylation sites is 1. The number of methoxy groups -OCH3 is 2. The highest BCUT2D eigenvalue weighted by Crippen LogP contribution is 2.30. The molecular formula is C13H21ClN2O3. The molecule has 0 atom stereocenters. The van der Waals surface area contributed by atoms with E-state index in [1.54, 1.807) is 25.3 Å². The quantitative estimate of drug-likeness (QED) is 0.748. The molecule has 0 spiro atoms. The Hall–Kier alpha value is -1.46. The molecule has 0 radical (unpaired) electrons. The summed E-state index contributed by atoms with van der Waals surface area (Å²) in [5, 5.41) is 2.83. The topological polar surface area (TPSA) is 73.6 Å². The van der Waals surface area contributed by atoms with Crippen LogP contribution in [0.5, 0.6) is 11.5 Å². The van der Waals surface area contributed by atoms with Crippen LogP contribution in [0.3, 0.4) is 0 Å². The van der Waals surface area contributed by atoms with Gasteiger partial charge in [0.1, 0.15) is 0 Å². The van der Waals surface area contributed by atoms with Gasteiger partial charge in [0.05, 0.1) is 19.8 Å². The van der Waals surface area contributed by atoms with Gasteiger partial charge in [-0.1, -0.05) is 6.07 Å². The van der Waals surface area contributed by atoms with Crippen molar-refractivity contribution in [1.82, 2.24) is 5.32 Å². The Kier molecular flexibility index (Phi) is 8.74. The number of nitrogens with two attached hydrogens (primary N) is 1. The van der Waals surface area contributed by atoms with Crippen LogP contribution < -0.4 is 20.5 Å². The van der Waals surface area contributed by atoms with E-state index in [1.807, 2.05) is 0 Å². The van der Waals surface area contributed by atoms with Crippen molar-refractivity contribution in [3.05, 3.63) is 23.8 Å². The molecule has 1 aromatic carbocycles. The lowest BCUT2D eigenvalue weighted by Crippen LogP contribution is -2.25. The molecular weight excluding hydrogens is 268 g/mol. The van der Waals surface area contributed by atoms with Crippen molar-refractivity contribution in [2.24, 2.45) is 5.73 Å². The SMILES string of the molecule is COc1cccc(C(=O)NCCCCN)c1OC.Cl. The largest absolute Gasteiger partial charge is 0.493 e. The van der Waals surface area contributed by atoms with Gasteiger partial charge < -0.3 is 20.5 Å². The number of hydrogen-bond donors (Lipinski definition) is 2. The number of benzene rings is 1. The lowest BCUT2D eigenvalue weighted by atomic mass is 10.1. The van der Waals surface area contributed by atoms with Crippen LogP contribution >= 0.6 is 12.4 Å². The molecule has 6 heteroatoms. The number of amides is 1. The van der Waals surface area contributed by atoms with Gasteiger partial charge in [0.25, 0.3) is 5.91 Å². The molecule has 3 N–H and O–H groups in total. The Labute approximate surface area is 119 Å². The van der Waals surface area contributed by atoms with Crippen molar-refractivity contribution in [2.45, 2.75) is 12.8 Å². The Balaban J connectivity index is 0.00000324. The molecule has 0 aliphatic carbocycles. The van der Waals surface area contributed by atoms with E-state index in [0.717, 1.165) is 12.8 Å². The minimum absolute atomic E-state index is 0. The fourth-order valence-electron chi connectivity index (χ4n) is 1.63. The maximum Gasteiger partial charge on any atom is 0.255 e. The smallest absolute Gasteiger partial charge is 0.255 e. The summed E-state index contributed by atoms with van der Waals surface area (Å²) in [4.78, 5) is 12.0. The number of carbonyl (C=O) groups is 1. The van der Waals surface area contributed by atoms with Gasteiger partial charge in [0, 0.05) is 6.54 Å². The molecule has 0 fully saturated rings. The third-order valence-corrected chi connectivity index (χ3v) is 2.56. The number of halogens is 1. The summed E-state index contributed by atoms with van der Waals surface area (Å²) in [6.07, 6.45) is 1.77. The van der Waals surface area contributed by atoms with E-state index in [9.17, 15) is 4.79 Å². The predicted molar refractivity (Wildman–Crippen MR) is 77.4 cm³/mol. The second-order valence-electron chi connectivity index (χ2n) is 3.79. The molecule has 0 aliphatic heterocycles. The van der Waals surface area contributed by atoms with Crippen LogP contribution in [0.25, 0.3) is 0 Å². The van der Waals surface area contributed by atoms with E-state index < -0.39 is 0 Å². The molecule has 0 bridgehead atoms. The number of unbranched alkanes of at least 4 members (excludes halogenated alkanes) is 1. The monoisotopic (exact) mass is 288 g/mol. The molecule has 0 saturated carbocycles. The zero-order chi connectivity index (χ0) is 13.4. The standard InChI is InChI=1S/C13H20N2O3.ClH/c1-17-11-7-5-6-10(12(11)18-2)13(16)15-9-4-3-8-14;/h5-7H,3-4,8-9,14H2,1-2H3,(H,15,16);1H. The molecule has 0 aliphatic rings. The normalized spacial score (nSPS) is 9.42. The van der Waals surface area contributed by atoms with E-state index >= 15 is 0 Å². The number of ether oxygens (including phenoxy) is 2. The maximum atomic E-state index is 12.0. The van der Waals surface area contributed by atoms with Crippen LogP contribution in [0.4, 0.5) is 0 Å². The summed E-state index contributed by atoms with van der Waals surface area (Å²) in [6.45, 7) is 1.24. The average molecular weight is 289 g/mol. The first-order chi connectivity index (χ1) is 8.74. The van der Waals surface area contributed by atoms with Gasteiger partial charge in [-0.25, -0.2) is 0 Å². The van der Waals surface area contributed by atoms with Crippen molar-refractivity contribution in [3.63, 3.8) is 0 Å². The van der Waals surface area contributed by atoms with E-state index in [1.165, 1.54) is 7.11 Å². The summed E-state index contributed by atoms with van der Waals surface area (Å²) in [6, 6.07) is 5.22. The van der Waals surface area contributed by atoms with Gasteiger partial charge >= 0.3 is 0 Å². The minimum Gasteiger partial charge on any atom is -0.493 e. The fraction of sp³-hybridized carbons (Fsp3) is 0.462. The Bertz CT molecular complexity index is 399. The van der Waals surface area contributed by atoms with Crippen LogP contribution in [-0.2, 0) is 0 Å². The third-order valence-electron chi connectivity index (χ3n) is 2.56. The van der Waals surface area contributed by atoms with Crippen LogP contribution in [0.15, 0.2) is 18.2 Å². The molecule has 0 unspecified atom stereocenters. The first-order valence-corrected chi connectivity index (χ1v) is 5.93. The lowest BCUT2D eigenvalue weighted by Gasteiger charge is -2.12. The Morgan fingerprint density at radius 3 is 2.58 bits per heavy atom. The zero-order valence-electron chi connectivity index (χ0n) is 11.3. The van der Waals surface area contributed by atoms with Gasteiger partial charge in [0.2, 0.25) is 0 Å². The Morgan fingerprint density at radius 1 is 1.26 bits per heavy atom. The maximum absolute atomic E-state index is 12.0. The van der Waals surface area contributed by atoms with Crippen LogP contribution in [0, 0.1) is 0 Å². The number of hydrogen-bond acceptors (Lipinski definition) is 4. The van der Waals surface area contributed by atoms with Crippen molar-refractivity contribution in [3.8, 4) is 11.5 Å². The van der Waals surface area contributed by atoms with E-state index in [-0.39, 0.29) is 18.3 Å². The van der Waals surface area contributed by atoms with Gasteiger partial charge in [0.15, 0.2) is 11.5 Å². The summed E-state index contributed by atoms with van der Waals surface area (Å²) in [5.74, 6) is 0.839. The van der Waals surface area contributed by atoms with Crippen LogP contribution in [0.1, 0.15) is 23.2 Å². The highest BCUT2D eigenvalue weighted by molar-refractivity contribution is 5.97. The lowest BCUT2D eigenvalue weighted by molar-refractivity contribution is 0.0949. The third kappa shape index (κ3) is 4.96. The van der Waals surface area contributed by atoms with Crippen molar-refractivity contribution in [1.29, 1.82) is 0 Å². The average Bonchev–Trinajstić information content (AvgIpc) is 2.42. The summed E-state index contributed by atoms with van der Waals surface area (Å²) in [7, 11) is 3.06. The van der Waals surface area contributed by atoms with Crippen molar-refractivity contribution >= 4 is 18.3 Å². The molecule has 0 saturated heterocycles. The zero-order valence-corrected chi connectivity index (χ0v) is 12.1. The number of carbonyl (C=O) groups excluding carboxylic acids is 1. The van der Waals surface area contributed by atoms with Crippen molar-refractivity contribution in [2.75, 3.05) is 27.3 Å². The molecule has 1 rings (SSSR count). The first kappa shape index (κ1) is 17.5. The second-order valence-corrected chi connectivity index (χ2v) is 3.79. The molecule has 5 nitrogen and oxygen atoms in total. The van der Waals surface area contributed by atoms with Crippen molar-refractivity contribution < 1.29 is 14.3 Å². The second kappa shape index (κ2) is 9.47. The van der Waals surface area contributed by atoms with Gasteiger partial charge in [-0.05, 0) is 31.5 Å². The van der Waals surface area contributed by atoms with Gasteiger partial charge in [-0.3, -0.25) is 4.79 Å². The van der Waals surface area contributed by atoms with Crippen LogP contribution in [0.2, 0.25) is 0 Å². The van der Waals surface area contributed by atoms with Gasteiger partial charge in [-0.2, -0.15) is 0 Å². The van der Waals surface area contributed by atoms with E-state index in [4.69, 9.17) is 15.2 Å². The number of nitrogens with one attached hydrogen (secondary N) is 1. The van der Waals surface area contributed by atoms with E-state index in [0.29, 0.717) is 30.2 Å². The fourth-order valence-corrected chi connectivity index (χ4v) is 1.63. The molecule has 108 valence electrons. The first-order valence-electron chi connectivity index (χ1n) is 5.93. The molecule has 0 heterocycles. The highest BCUT2D eigenvalue weighted by atomic mass is 35.5. The summed E-state index contributed by atoms with van der Waals surface area (Å²) in [5.41, 5.74) is 5.87. The molecule has 1 aromatic rings. The summed E-state index contributed by atoms with van der Waals surface area (Å²) < 4.78 is 10.4. The van der Waals surface area contributed by atoms with Gasteiger partial charge in [-0.15, -0.1) is 12.4 Å². The molecule has 1 amide bonds. The Morgan fingerprint density at radius 2 is 2.00 bits per heavy atom. The minimum atomic E-state index is -0.164. The van der Waals surface area contributed by atoms with Crippen LogP contribution in [-0.4, -0.2) is 33.2 Å². The predicted octanol–water partition coefficient (Wildman–Crippen LogP) is 1.59. The molecule has 19 heavy (non-hydrogen) atoms. The summed E-state index contributed by atoms with van der Waals surface area (Å²) >= 11 is 0. The molecule has 0 aromatic heterocycles.